The van der Waals surface area contributed by atoms with Crippen LogP contribution in [0.2, 0.25) is 0 Å². The molecule has 1 saturated heterocycles. The molecule has 5 heterocycles. The first-order chi connectivity index (χ1) is 20.7. The lowest BCUT2D eigenvalue weighted by atomic mass is 10.1. The van der Waals surface area contributed by atoms with Crippen LogP contribution in [-0.4, -0.2) is 72.7 Å². The monoisotopic (exact) mass is 580 g/mol. The second-order valence-electron chi connectivity index (χ2n) is 11.7. The van der Waals surface area contributed by atoms with Crippen molar-refractivity contribution in [2.24, 2.45) is 5.92 Å². The number of nitrogens with one attached hydrogen (secondary N) is 1. The fraction of sp³-hybridized carbons (Fsp3) is 0.400. The number of carbonyl (C=O) groups excluding carboxylic acids is 3. The molecule has 43 heavy (non-hydrogen) atoms. The summed E-state index contributed by atoms with van der Waals surface area (Å²) in [4.78, 5) is 65.2. The van der Waals surface area contributed by atoms with Crippen molar-refractivity contribution in [1.29, 1.82) is 0 Å². The average molecular weight is 581 g/mol. The molecule has 2 saturated carbocycles. The summed E-state index contributed by atoms with van der Waals surface area (Å²) in [5, 5.41) is 2.93. The van der Waals surface area contributed by atoms with Gasteiger partial charge in [0.05, 0.1) is 17.4 Å². The van der Waals surface area contributed by atoms with Gasteiger partial charge in [0.15, 0.2) is 5.65 Å². The minimum absolute atomic E-state index is 0.00812. The Hall–Kier alpha value is -4.94. The predicted octanol–water partition coefficient (Wildman–Crippen LogP) is 3.44. The molecule has 4 aromatic rings. The van der Waals surface area contributed by atoms with Crippen molar-refractivity contribution >= 4 is 40.8 Å². The average Bonchev–Trinajstić information content (AvgIpc) is 3.93. The summed E-state index contributed by atoms with van der Waals surface area (Å²) in [7, 11) is 3.41. The van der Waals surface area contributed by atoms with Crippen molar-refractivity contribution in [3.05, 3.63) is 65.9 Å². The maximum atomic E-state index is 13.0. The van der Waals surface area contributed by atoms with Crippen LogP contribution in [0, 0.1) is 12.8 Å². The topological polar surface area (TPSA) is 142 Å². The molecular weight excluding hydrogens is 548 g/mol. The molecule has 7 rings (SSSR count). The summed E-state index contributed by atoms with van der Waals surface area (Å²) in [6.45, 7) is 3.92. The molecule has 3 unspecified atom stereocenters. The molecule has 4 aromatic heterocycles. The number of hydrogen-bond acceptors (Lipinski definition) is 9. The molecule has 3 atom stereocenters. The van der Waals surface area contributed by atoms with Crippen molar-refractivity contribution in [3.63, 3.8) is 0 Å². The molecule has 2 aliphatic carbocycles. The Bertz CT molecular complexity index is 1780. The van der Waals surface area contributed by atoms with Gasteiger partial charge in [0.25, 0.3) is 0 Å². The van der Waals surface area contributed by atoms with Gasteiger partial charge < -0.3 is 14.6 Å². The number of aromatic nitrogens is 6. The van der Waals surface area contributed by atoms with Crippen LogP contribution in [0.15, 0.2) is 43.1 Å². The van der Waals surface area contributed by atoms with E-state index in [0.717, 1.165) is 34.7 Å². The van der Waals surface area contributed by atoms with Crippen LogP contribution in [0.5, 0.6) is 0 Å². The Morgan fingerprint density at radius 1 is 1.12 bits per heavy atom. The zero-order valence-corrected chi connectivity index (χ0v) is 24.4. The van der Waals surface area contributed by atoms with Crippen LogP contribution in [-0.2, 0) is 9.59 Å². The minimum atomic E-state index is -0.353. The van der Waals surface area contributed by atoms with E-state index < -0.39 is 0 Å². The molecule has 13 nitrogen and oxygen atoms in total. The van der Waals surface area contributed by atoms with E-state index in [1.54, 1.807) is 12.3 Å². The number of urea groups is 1. The molecule has 3 fully saturated rings. The smallest absolute Gasteiger partial charge is 0.331 e. The van der Waals surface area contributed by atoms with Crippen LogP contribution in [0.25, 0.3) is 5.65 Å². The number of likely N-dealkylation sites (N-methyl/N-ethyl adjacent to an activating group) is 1. The predicted molar refractivity (Wildman–Crippen MR) is 158 cm³/mol. The molecule has 13 heteroatoms. The van der Waals surface area contributed by atoms with Gasteiger partial charge in [-0.25, -0.2) is 29.7 Å². The van der Waals surface area contributed by atoms with Crippen molar-refractivity contribution in [2.45, 2.75) is 51.0 Å². The number of aryl methyl sites for hydroxylation is 1. The third-order valence-corrected chi connectivity index (χ3v) is 8.64. The fourth-order valence-electron chi connectivity index (χ4n) is 5.59. The lowest BCUT2D eigenvalue weighted by molar-refractivity contribution is -0.124. The van der Waals surface area contributed by atoms with Crippen LogP contribution in [0.4, 0.5) is 22.1 Å². The summed E-state index contributed by atoms with van der Waals surface area (Å²) in [5.41, 5.74) is 4.03. The van der Waals surface area contributed by atoms with E-state index in [4.69, 9.17) is 4.98 Å². The fourth-order valence-corrected chi connectivity index (χ4v) is 5.59. The third-order valence-electron chi connectivity index (χ3n) is 8.64. The number of carbonyl (C=O) groups is 3. The quantitative estimate of drug-likeness (QED) is 0.310. The molecular formula is C30H32N10O3. The number of rotatable bonds is 8. The first-order valence-corrected chi connectivity index (χ1v) is 14.4. The van der Waals surface area contributed by atoms with Gasteiger partial charge >= 0.3 is 6.03 Å². The highest BCUT2D eigenvalue weighted by molar-refractivity contribution is 6.13. The van der Waals surface area contributed by atoms with Crippen LogP contribution in [0.1, 0.15) is 66.8 Å². The molecule has 3 aliphatic rings. The summed E-state index contributed by atoms with van der Waals surface area (Å²) >= 11 is 0. The second kappa shape index (κ2) is 10.1. The summed E-state index contributed by atoms with van der Waals surface area (Å²) in [5.74, 6) is 1.64. The van der Waals surface area contributed by atoms with E-state index in [9.17, 15) is 14.4 Å². The molecule has 0 aromatic carbocycles. The summed E-state index contributed by atoms with van der Waals surface area (Å²) < 4.78 is 1.95. The summed E-state index contributed by atoms with van der Waals surface area (Å²) in [6, 6.07) is 5.02. The van der Waals surface area contributed by atoms with Crippen molar-refractivity contribution in [2.75, 3.05) is 35.8 Å². The van der Waals surface area contributed by atoms with Crippen LogP contribution >= 0.6 is 0 Å². The van der Waals surface area contributed by atoms with Crippen LogP contribution < -0.4 is 15.1 Å². The maximum absolute atomic E-state index is 13.0. The van der Waals surface area contributed by atoms with Gasteiger partial charge in [-0.2, -0.15) is 0 Å². The Morgan fingerprint density at radius 3 is 2.65 bits per heavy atom. The number of anilines is 3. The highest BCUT2D eigenvalue weighted by Crippen LogP contribution is 2.46. The lowest BCUT2D eigenvalue weighted by Crippen LogP contribution is -2.30. The number of fused-ring (bicyclic) bond motifs is 1. The van der Waals surface area contributed by atoms with Gasteiger partial charge in [0.1, 0.15) is 30.3 Å². The number of pyridine rings is 1. The Labute approximate surface area is 248 Å². The molecule has 220 valence electrons. The maximum Gasteiger partial charge on any atom is 0.331 e. The SMILES string of the molecule is Cc1ccnc(C2CC2C(=O)Nc2cc(N(C)C(C)c3cn4cc(C5CC5)cc(N5CC(=O)N(C)C5=O)c4n3)ncn2)n1. The number of imide groups is 1. The molecule has 1 N–H and O–H groups in total. The zero-order valence-electron chi connectivity index (χ0n) is 24.4. The minimum Gasteiger partial charge on any atom is -0.351 e. The van der Waals surface area contributed by atoms with Gasteiger partial charge in [0.2, 0.25) is 11.8 Å². The van der Waals surface area contributed by atoms with Gasteiger partial charge in [-0.3, -0.25) is 19.4 Å². The summed E-state index contributed by atoms with van der Waals surface area (Å²) in [6.07, 6.45) is 10.1. The van der Waals surface area contributed by atoms with Crippen molar-refractivity contribution in [3.8, 4) is 0 Å². The number of imidazole rings is 1. The molecule has 1 aliphatic heterocycles. The van der Waals surface area contributed by atoms with E-state index in [1.807, 2.05) is 48.5 Å². The van der Waals surface area contributed by atoms with E-state index in [0.29, 0.717) is 41.1 Å². The van der Waals surface area contributed by atoms with E-state index in [1.165, 1.54) is 18.3 Å². The normalized spacial score (nSPS) is 20.6. The van der Waals surface area contributed by atoms with Crippen molar-refractivity contribution in [1.82, 2.24) is 34.2 Å². The van der Waals surface area contributed by atoms with Gasteiger partial charge in [0, 0.05) is 56.3 Å². The molecule has 0 bridgehead atoms. The third kappa shape index (κ3) is 4.94. The van der Waals surface area contributed by atoms with Gasteiger partial charge in [-0.05, 0) is 56.7 Å². The van der Waals surface area contributed by atoms with E-state index in [2.05, 4.69) is 31.4 Å². The Balaban J connectivity index is 1.11. The standard InChI is InChI=1S/C30H32N10O3/c1-16-7-8-31-27(34-16)20-10-21(20)29(42)36-24-11-25(33-15-32-24)37(3)17(2)22-13-39-12-19(18-5-6-18)9-23(28(39)35-22)40-14-26(41)38(4)30(40)43/h7-9,11-13,15,17-18,20-21H,5-6,10,14H2,1-4H3,(H,32,33,36,42). The highest BCUT2D eigenvalue weighted by Gasteiger charge is 2.46. The second-order valence-corrected chi connectivity index (χ2v) is 11.7. The first kappa shape index (κ1) is 26.9. The Kier molecular flexibility index (Phi) is 6.33. The lowest BCUT2D eigenvalue weighted by Gasteiger charge is -2.24. The zero-order chi connectivity index (χ0) is 30.0. The highest BCUT2D eigenvalue weighted by atomic mass is 16.2. The van der Waals surface area contributed by atoms with E-state index >= 15 is 0 Å². The van der Waals surface area contributed by atoms with Crippen LogP contribution in [0.3, 0.4) is 0 Å². The van der Waals surface area contributed by atoms with Gasteiger partial charge in [-0.15, -0.1) is 0 Å². The number of hydrogen-bond donors (Lipinski definition) is 1. The molecule has 0 radical (unpaired) electrons. The Morgan fingerprint density at radius 2 is 1.93 bits per heavy atom. The molecule has 0 spiro atoms. The molecule has 4 amide bonds. The number of nitrogens with zero attached hydrogens (tertiary/aromatic N) is 9. The first-order valence-electron chi connectivity index (χ1n) is 14.4. The van der Waals surface area contributed by atoms with Gasteiger partial charge in [-0.1, -0.05) is 0 Å². The van der Waals surface area contributed by atoms with E-state index in [-0.39, 0.29) is 42.3 Å². The van der Waals surface area contributed by atoms with Crippen molar-refractivity contribution < 1.29 is 14.4 Å². The largest absolute Gasteiger partial charge is 0.351 e. The number of amides is 4.